The highest BCUT2D eigenvalue weighted by molar-refractivity contribution is 5.75. The Labute approximate surface area is 90.9 Å². The largest absolute Gasteiger partial charge is 0.463 e. The molecule has 0 aromatic rings. The van der Waals surface area contributed by atoms with Crippen LogP contribution in [0.5, 0.6) is 0 Å². The molecule has 0 aromatic carbocycles. The van der Waals surface area contributed by atoms with Crippen LogP contribution in [0, 0.1) is 0 Å². The van der Waals surface area contributed by atoms with Crippen molar-refractivity contribution < 1.29 is 19.1 Å². The summed E-state index contributed by atoms with van der Waals surface area (Å²) in [5.74, 6) is -0.462. The molecule has 15 heavy (non-hydrogen) atoms. The van der Waals surface area contributed by atoms with Gasteiger partial charge in [-0.2, -0.15) is 0 Å². The van der Waals surface area contributed by atoms with Gasteiger partial charge in [-0.15, -0.1) is 0 Å². The molecule has 1 unspecified atom stereocenters. The van der Waals surface area contributed by atoms with E-state index in [-0.39, 0.29) is 0 Å². The number of hydrogen-bond acceptors (Lipinski definition) is 4. The maximum absolute atomic E-state index is 11.4. The molecule has 0 aliphatic heterocycles. The molecule has 0 aliphatic carbocycles. The number of esters is 1. The van der Waals surface area contributed by atoms with Gasteiger partial charge in [0.25, 0.3) is 0 Å². The average Bonchev–Trinajstić information content (AvgIpc) is 2.25. The van der Waals surface area contributed by atoms with Gasteiger partial charge in [0.2, 0.25) is 0 Å². The normalized spacial score (nSPS) is 11.9. The fraction of sp³-hybridized carbons (Fsp3) is 0.818. The molecule has 0 rings (SSSR count). The topological polar surface area (TPSA) is 52.6 Å². The molecule has 4 nitrogen and oxygen atoms in total. The van der Waals surface area contributed by atoms with Crippen LogP contribution in [0.25, 0.3) is 0 Å². The van der Waals surface area contributed by atoms with Crippen LogP contribution in [0.1, 0.15) is 46.0 Å². The molecule has 0 aromatic heterocycles. The maximum atomic E-state index is 11.4. The second-order valence-corrected chi connectivity index (χ2v) is 3.35. The van der Waals surface area contributed by atoms with Crippen molar-refractivity contribution in [2.45, 2.75) is 52.1 Å². The van der Waals surface area contributed by atoms with Crippen LogP contribution in [0.4, 0.5) is 0 Å². The van der Waals surface area contributed by atoms with Crippen molar-refractivity contribution in [1.82, 2.24) is 0 Å². The lowest BCUT2D eigenvalue weighted by Crippen LogP contribution is -2.26. The van der Waals surface area contributed by atoms with E-state index in [1.807, 2.05) is 6.92 Å². The van der Waals surface area contributed by atoms with Crippen molar-refractivity contribution in [3.63, 3.8) is 0 Å². The molecule has 0 spiro atoms. The van der Waals surface area contributed by atoms with Crippen LogP contribution < -0.4 is 0 Å². The van der Waals surface area contributed by atoms with Crippen LogP contribution in [0.2, 0.25) is 0 Å². The SMILES string of the molecule is CCCCCC(O[C]=O)C(=O)OCCC. The van der Waals surface area contributed by atoms with E-state index >= 15 is 0 Å². The van der Waals surface area contributed by atoms with Gasteiger partial charge in [-0.3, -0.25) is 0 Å². The van der Waals surface area contributed by atoms with Crippen molar-refractivity contribution >= 4 is 12.4 Å². The highest BCUT2D eigenvalue weighted by Crippen LogP contribution is 2.08. The summed E-state index contributed by atoms with van der Waals surface area (Å²) in [7, 11) is 0. The number of unbranched alkanes of at least 4 members (excludes halogenated alkanes) is 2. The van der Waals surface area contributed by atoms with E-state index in [0.29, 0.717) is 13.0 Å². The molecule has 1 radical (unpaired) electrons. The zero-order valence-electron chi connectivity index (χ0n) is 9.45. The minimum atomic E-state index is -0.777. The molecule has 0 bridgehead atoms. The van der Waals surface area contributed by atoms with E-state index in [2.05, 4.69) is 11.7 Å². The Hall–Kier alpha value is -1.06. The van der Waals surface area contributed by atoms with E-state index in [9.17, 15) is 9.59 Å². The highest BCUT2D eigenvalue weighted by atomic mass is 16.6. The average molecular weight is 215 g/mol. The van der Waals surface area contributed by atoms with E-state index in [1.54, 1.807) is 0 Å². The summed E-state index contributed by atoms with van der Waals surface area (Å²) in [6.07, 6.45) is 3.43. The first-order valence-electron chi connectivity index (χ1n) is 5.45. The molecule has 0 fully saturated rings. The Morgan fingerprint density at radius 1 is 1.27 bits per heavy atom. The molecule has 1 atom stereocenters. The molecule has 87 valence electrons. The van der Waals surface area contributed by atoms with Gasteiger partial charge in [0.1, 0.15) is 0 Å². The van der Waals surface area contributed by atoms with E-state index in [0.717, 1.165) is 25.7 Å². The van der Waals surface area contributed by atoms with Gasteiger partial charge < -0.3 is 9.47 Å². The monoisotopic (exact) mass is 215 g/mol. The van der Waals surface area contributed by atoms with Crippen molar-refractivity contribution in [2.75, 3.05) is 6.61 Å². The van der Waals surface area contributed by atoms with Crippen molar-refractivity contribution in [1.29, 1.82) is 0 Å². The van der Waals surface area contributed by atoms with Crippen LogP contribution in [0.15, 0.2) is 0 Å². The highest BCUT2D eigenvalue weighted by Gasteiger charge is 2.20. The van der Waals surface area contributed by atoms with Gasteiger partial charge in [-0.1, -0.05) is 26.7 Å². The van der Waals surface area contributed by atoms with Crippen LogP contribution in [0.3, 0.4) is 0 Å². The third-order valence-corrected chi connectivity index (χ3v) is 1.97. The molecule has 0 N–H and O–H groups in total. The summed E-state index contributed by atoms with van der Waals surface area (Å²) in [5.41, 5.74) is 0. The lowest BCUT2D eigenvalue weighted by atomic mass is 10.1. The quantitative estimate of drug-likeness (QED) is 0.436. The third-order valence-electron chi connectivity index (χ3n) is 1.97. The zero-order valence-corrected chi connectivity index (χ0v) is 9.45. The Kier molecular flexibility index (Phi) is 8.82. The van der Waals surface area contributed by atoms with Gasteiger partial charge in [-0.05, 0) is 19.3 Å². The zero-order chi connectivity index (χ0) is 11.5. The van der Waals surface area contributed by atoms with Gasteiger partial charge >= 0.3 is 12.4 Å². The van der Waals surface area contributed by atoms with Gasteiger partial charge in [0.05, 0.1) is 6.61 Å². The van der Waals surface area contributed by atoms with Gasteiger partial charge in [0.15, 0.2) is 6.10 Å². The first kappa shape index (κ1) is 13.9. The third kappa shape index (κ3) is 6.94. The van der Waals surface area contributed by atoms with Crippen LogP contribution in [-0.2, 0) is 19.1 Å². The molecular weight excluding hydrogens is 196 g/mol. The summed E-state index contributed by atoms with van der Waals surface area (Å²) < 4.78 is 9.46. The Morgan fingerprint density at radius 3 is 2.53 bits per heavy atom. The number of carbonyl (C=O) groups is 1. The van der Waals surface area contributed by atoms with Gasteiger partial charge in [-0.25, -0.2) is 9.59 Å². The first-order chi connectivity index (χ1) is 7.26. The standard InChI is InChI=1S/C11H19O4/c1-3-5-6-7-10(15-9-12)11(13)14-8-4-2/h10H,3-8H2,1-2H3. The predicted molar refractivity (Wildman–Crippen MR) is 56.0 cm³/mol. The Balaban J connectivity index is 3.88. The molecular formula is C11H19O4. The summed E-state index contributed by atoms with van der Waals surface area (Å²) in [6.45, 7) is 5.64. The number of carbonyl (C=O) groups excluding carboxylic acids is 2. The number of rotatable bonds is 9. The predicted octanol–water partition coefficient (Wildman–Crippen LogP) is 1.97. The van der Waals surface area contributed by atoms with E-state index in [4.69, 9.17) is 4.74 Å². The first-order valence-corrected chi connectivity index (χ1v) is 5.45. The van der Waals surface area contributed by atoms with Crippen molar-refractivity contribution in [2.24, 2.45) is 0 Å². The van der Waals surface area contributed by atoms with E-state index < -0.39 is 12.1 Å². The lowest BCUT2D eigenvalue weighted by Gasteiger charge is -2.12. The number of ether oxygens (including phenoxy) is 2. The Bertz CT molecular complexity index is 179. The summed E-state index contributed by atoms with van der Waals surface area (Å²) in [6, 6.07) is 0. The molecule has 4 heteroatoms. The van der Waals surface area contributed by atoms with Gasteiger partial charge in [0, 0.05) is 0 Å². The lowest BCUT2D eigenvalue weighted by molar-refractivity contribution is -0.153. The van der Waals surface area contributed by atoms with Crippen LogP contribution in [-0.4, -0.2) is 25.2 Å². The summed E-state index contributed by atoms with van der Waals surface area (Å²) in [5, 5.41) is 0. The second kappa shape index (κ2) is 9.49. The minimum absolute atomic E-state index is 0.366. The summed E-state index contributed by atoms with van der Waals surface area (Å²) in [4.78, 5) is 21.4. The van der Waals surface area contributed by atoms with E-state index in [1.165, 1.54) is 6.47 Å². The number of hydrogen-bond donors (Lipinski definition) is 0. The molecule has 0 aliphatic rings. The molecule has 0 heterocycles. The fourth-order valence-corrected chi connectivity index (χ4v) is 1.16. The fourth-order valence-electron chi connectivity index (χ4n) is 1.16. The maximum Gasteiger partial charge on any atom is 0.418 e. The molecule has 0 saturated carbocycles. The van der Waals surface area contributed by atoms with Crippen LogP contribution >= 0.6 is 0 Å². The molecule has 0 amide bonds. The smallest absolute Gasteiger partial charge is 0.418 e. The second-order valence-electron chi connectivity index (χ2n) is 3.35. The van der Waals surface area contributed by atoms with Crippen molar-refractivity contribution in [3.05, 3.63) is 0 Å². The Morgan fingerprint density at radius 2 is 2.00 bits per heavy atom. The minimum Gasteiger partial charge on any atom is -0.463 e. The molecule has 0 saturated heterocycles. The van der Waals surface area contributed by atoms with Crippen molar-refractivity contribution in [3.8, 4) is 0 Å². The summed E-state index contributed by atoms with van der Waals surface area (Å²) >= 11 is 0.